The maximum Gasteiger partial charge on any atom is 0.183 e. The van der Waals surface area contributed by atoms with Crippen LogP contribution in [0, 0.1) is 0 Å². The fourth-order valence-corrected chi connectivity index (χ4v) is 1.55. The first-order chi connectivity index (χ1) is 5.03. The molecule has 0 aromatic heterocycles. The van der Waals surface area contributed by atoms with Crippen molar-refractivity contribution in [2.45, 2.75) is 52.2 Å². The van der Waals surface area contributed by atoms with Gasteiger partial charge in [0.05, 0.1) is 11.6 Å². The van der Waals surface area contributed by atoms with Crippen LogP contribution in [0.2, 0.25) is 0 Å². The molecule has 2 heteroatoms. The lowest BCUT2D eigenvalue weighted by atomic mass is 9.97. The van der Waals surface area contributed by atoms with Crippen molar-refractivity contribution >= 4 is 5.90 Å². The molecule has 0 aromatic carbocycles. The highest BCUT2D eigenvalue weighted by atomic mass is 16.5. The molecule has 1 heterocycles. The van der Waals surface area contributed by atoms with Gasteiger partial charge in [0.25, 0.3) is 0 Å². The number of ether oxygens (including phenoxy) is 1. The van der Waals surface area contributed by atoms with Crippen molar-refractivity contribution in [3.63, 3.8) is 0 Å². The highest BCUT2D eigenvalue weighted by Gasteiger charge is 2.26. The van der Waals surface area contributed by atoms with Gasteiger partial charge >= 0.3 is 0 Å². The monoisotopic (exact) mass is 155 g/mol. The Morgan fingerprint density at radius 3 is 2.73 bits per heavy atom. The lowest BCUT2D eigenvalue weighted by Crippen LogP contribution is -2.33. The van der Waals surface area contributed by atoms with Crippen LogP contribution in [0.5, 0.6) is 0 Å². The largest absolute Gasteiger partial charge is 0.478 e. The number of aliphatic imine (C=N–C) groups is 1. The van der Waals surface area contributed by atoms with E-state index in [2.05, 4.69) is 32.7 Å². The van der Waals surface area contributed by atoms with Gasteiger partial charge in [0.15, 0.2) is 5.90 Å². The van der Waals surface area contributed by atoms with Crippen LogP contribution in [0.25, 0.3) is 0 Å². The fraction of sp³-hybridized carbons (Fsp3) is 0.889. The van der Waals surface area contributed by atoms with E-state index in [4.69, 9.17) is 4.74 Å². The Morgan fingerprint density at radius 1 is 1.64 bits per heavy atom. The maximum atomic E-state index is 5.52. The van der Waals surface area contributed by atoms with Gasteiger partial charge in [0.2, 0.25) is 0 Å². The molecule has 0 saturated heterocycles. The van der Waals surface area contributed by atoms with Crippen LogP contribution >= 0.6 is 0 Å². The van der Waals surface area contributed by atoms with Crippen LogP contribution in [0.15, 0.2) is 4.99 Å². The summed E-state index contributed by atoms with van der Waals surface area (Å²) in [6, 6.07) is 0. The van der Waals surface area contributed by atoms with Crippen molar-refractivity contribution in [3.8, 4) is 0 Å². The van der Waals surface area contributed by atoms with Gasteiger partial charge < -0.3 is 4.74 Å². The molecule has 2 nitrogen and oxygen atoms in total. The summed E-state index contributed by atoms with van der Waals surface area (Å²) in [7, 11) is 0. The summed E-state index contributed by atoms with van der Waals surface area (Å²) in [6.07, 6.45) is 2.27. The summed E-state index contributed by atoms with van der Waals surface area (Å²) < 4.78 is 5.52. The van der Waals surface area contributed by atoms with Crippen LogP contribution in [0.1, 0.15) is 40.5 Å². The zero-order valence-electron chi connectivity index (χ0n) is 7.85. The van der Waals surface area contributed by atoms with Crippen LogP contribution in [0.3, 0.4) is 0 Å². The Labute approximate surface area is 68.7 Å². The predicted molar refractivity (Wildman–Crippen MR) is 47.0 cm³/mol. The topological polar surface area (TPSA) is 21.6 Å². The van der Waals surface area contributed by atoms with Gasteiger partial charge in [-0.2, -0.15) is 0 Å². The summed E-state index contributed by atoms with van der Waals surface area (Å²) in [4.78, 5) is 4.48. The summed E-state index contributed by atoms with van der Waals surface area (Å²) >= 11 is 0. The van der Waals surface area contributed by atoms with Gasteiger partial charge in [-0.25, -0.2) is 4.99 Å². The first-order valence-corrected chi connectivity index (χ1v) is 4.29. The molecule has 0 spiro atoms. The molecular weight excluding hydrogens is 138 g/mol. The van der Waals surface area contributed by atoms with Crippen molar-refractivity contribution < 1.29 is 4.74 Å². The third kappa shape index (κ3) is 2.21. The van der Waals surface area contributed by atoms with Gasteiger partial charge in [-0.3, -0.25) is 0 Å². The third-order valence-electron chi connectivity index (χ3n) is 1.85. The molecule has 1 unspecified atom stereocenters. The second kappa shape index (κ2) is 2.84. The van der Waals surface area contributed by atoms with Gasteiger partial charge in [0, 0.05) is 12.8 Å². The Hall–Kier alpha value is -0.530. The van der Waals surface area contributed by atoms with Crippen LogP contribution in [0.4, 0.5) is 0 Å². The second-order valence-electron chi connectivity index (χ2n) is 3.80. The van der Waals surface area contributed by atoms with E-state index >= 15 is 0 Å². The third-order valence-corrected chi connectivity index (χ3v) is 1.85. The number of rotatable bonds is 1. The van der Waals surface area contributed by atoms with E-state index in [1.165, 1.54) is 0 Å². The molecule has 0 N–H and O–H groups in total. The van der Waals surface area contributed by atoms with Crippen molar-refractivity contribution in [1.29, 1.82) is 0 Å². The Morgan fingerprint density at radius 2 is 2.27 bits per heavy atom. The lowest BCUT2D eigenvalue weighted by Gasteiger charge is -2.31. The maximum absolute atomic E-state index is 5.52. The fourth-order valence-electron chi connectivity index (χ4n) is 1.55. The second-order valence-corrected chi connectivity index (χ2v) is 3.80. The molecule has 11 heavy (non-hydrogen) atoms. The minimum atomic E-state index is 0.0863. The van der Waals surface area contributed by atoms with Crippen molar-refractivity contribution in [2.75, 3.05) is 0 Å². The van der Waals surface area contributed by atoms with Crippen molar-refractivity contribution in [2.24, 2.45) is 4.99 Å². The van der Waals surface area contributed by atoms with Crippen LogP contribution in [-0.2, 0) is 4.74 Å². The number of hydrogen-bond acceptors (Lipinski definition) is 2. The van der Waals surface area contributed by atoms with Crippen molar-refractivity contribution in [1.82, 2.24) is 0 Å². The van der Waals surface area contributed by atoms with E-state index < -0.39 is 0 Å². The van der Waals surface area contributed by atoms with E-state index in [-0.39, 0.29) is 5.54 Å². The van der Waals surface area contributed by atoms with Gasteiger partial charge in [-0.1, -0.05) is 6.92 Å². The molecule has 0 amide bonds. The molecule has 1 rings (SSSR count). The molecule has 64 valence electrons. The summed E-state index contributed by atoms with van der Waals surface area (Å²) in [6.45, 7) is 8.49. The van der Waals surface area contributed by atoms with Crippen LogP contribution < -0.4 is 0 Å². The molecule has 1 aliphatic heterocycles. The smallest absolute Gasteiger partial charge is 0.183 e. The molecule has 1 atom stereocenters. The van der Waals surface area contributed by atoms with E-state index in [9.17, 15) is 0 Å². The normalized spacial score (nSPS) is 29.1. The Kier molecular flexibility index (Phi) is 2.21. The van der Waals surface area contributed by atoms with E-state index in [1.807, 2.05) is 0 Å². The molecule has 0 aliphatic carbocycles. The molecule has 0 radical (unpaired) electrons. The minimum absolute atomic E-state index is 0.0863. The average molecular weight is 155 g/mol. The molecular formula is C9H17NO. The summed E-state index contributed by atoms with van der Waals surface area (Å²) in [5.41, 5.74) is 0.0863. The molecule has 0 aromatic rings. The summed E-state index contributed by atoms with van der Waals surface area (Å²) in [5.74, 6) is 0.911. The molecule has 1 aliphatic rings. The zero-order chi connectivity index (χ0) is 8.48. The quantitative estimate of drug-likeness (QED) is 0.569. The van der Waals surface area contributed by atoms with Gasteiger partial charge in [0.1, 0.15) is 0 Å². The van der Waals surface area contributed by atoms with Crippen molar-refractivity contribution in [3.05, 3.63) is 0 Å². The van der Waals surface area contributed by atoms with Gasteiger partial charge in [-0.05, 0) is 20.8 Å². The van der Waals surface area contributed by atoms with Crippen LogP contribution in [-0.4, -0.2) is 17.5 Å². The van der Waals surface area contributed by atoms with E-state index in [1.54, 1.807) is 0 Å². The average Bonchev–Trinajstić information content (AvgIpc) is 1.83. The molecule has 0 bridgehead atoms. The predicted octanol–water partition coefficient (Wildman–Crippen LogP) is 2.38. The minimum Gasteiger partial charge on any atom is -0.478 e. The standard InChI is InChI=1S/C9H17NO/c1-5-8-10-9(3,4)6-7(2)11-8/h7H,5-6H2,1-4H3. The van der Waals surface area contributed by atoms with E-state index in [0.29, 0.717) is 6.10 Å². The number of nitrogens with zero attached hydrogens (tertiary/aromatic N) is 1. The molecule has 0 fully saturated rings. The highest BCUT2D eigenvalue weighted by molar-refractivity contribution is 5.76. The number of hydrogen-bond donors (Lipinski definition) is 0. The summed E-state index contributed by atoms with van der Waals surface area (Å²) in [5, 5.41) is 0. The molecule has 0 saturated carbocycles. The van der Waals surface area contributed by atoms with Gasteiger partial charge in [-0.15, -0.1) is 0 Å². The first kappa shape index (κ1) is 8.57. The lowest BCUT2D eigenvalue weighted by molar-refractivity contribution is 0.140. The Balaban J connectivity index is 2.74. The zero-order valence-corrected chi connectivity index (χ0v) is 7.85. The SMILES string of the molecule is CCC1=NC(C)(C)CC(C)O1. The van der Waals surface area contributed by atoms with E-state index in [0.717, 1.165) is 18.7 Å². The highest BCUT2D eigenvalue weighted by Crippen LogP contribution is 2.24. The first-order valence-electron chi connectivity index (χ1n) is 4.29. The Bertz CT molecular complexity index is 172.